The van der Waals surface area contributed by atoms with E-state index in [2.05, 4.69) is 10.7 Å². The second-order valence-corrected chi connectivity index (χ2v) is 3.31. The van der Waals surface area contributed by atoms with E-state index in [4.69, 9.17) is 18.1 Å². The van der Waals surface area contributed by atoms with Crippen LogP contribution in [0, 0.1) is 12.7 Å². The van der Waals surface area contributed by atoms with Crippen molar-refractivity contribution >= 4 is 17.3 Å². The Morgan fingerprint density at radius 1 is 1.57 bits per heavy atom. The summed E-state index contributed by atoms with van der Waals surface area (Å²) >= 11 is 4.79. The van der Waals surface area contributed by atoms with Crippen molar-refractivity contribution in [2.75, 3.05) is 0 Å². The van der Waals surface area contributed by atoms with Gasteiger partial charge in [-0.1, -0.05) is 6.07 Å². The highest BCUT2D eigenvalue weighted by Crippen LogP contribution is 2.09. The van der Waals surface area contributed by atoms with Crippen molar-refractivity contribution in [2.45, 2.75) is 13.5 Å². The number of hydrogen-bond donors (Lipinski definition) is 3. The fourth-order valence-corrected chi connectivity index (χ4v) is 1.13. The summed E-state index contributed by atoms with van der Waals surface area (Å²) in [6.07, 6.45) is 0. The summed E-state index contributed by atoms with van der Waals surface area (Å²) in [5, 5.41) is 3.19. The lowest BCUT2D eigenvalue weighted by molar-refractivity contribution is 0.624. The van der Waals surface area contributed by atoms with Gasteiger partial charge in [0, 0.05) is 6.54 Å². The third kappa shape index (κ3) is 2.93. The largest absolute Gasteiger partial charge is 0.358 e. The summed E-state index contributed by atoms with van der Waals surface area (Å²) in [4.78, 5) is 0. The van der Waals surface area contributed by atoms with Gasteiger partial charge in [0.1, 0.15) is 5.82 Å². The number of hydrogen-bond acceptors (Lipinski definition) is 2. The molecule has 1 aromatic carbocycles. The lowest BCUT2D eigenvalue weighted by atomic mass is 10.1. The first-order valence-corrected chi connectivity index (χ1v) is 4.54. The van der Waals surface area contributed by atoms with Crippen molar-refractivity contribution < 1.29 is 4.39 Å². The van der Waals surface area contributed by atoms with E-state index in [1.54, 1.807) is 6.07 Å². The molecule has 0 aliphatic rings. The van der Waals surface area contributed by atoms with Crippen LogP contribution in [-0.4, -0.2) is 5.11 Å². The highest BCUT2D eigenvalue weighted by atomic mass is 32.1. The molecule has 3 nitrogen and oxygen atoms in total. The third-order valence-electron chi connectivity index (χ3n) is 1.88. The summed E-state index contributed by atoms with van der Waals surface area (Å²) in [6.45, 7) is 2.38. The van der Waals surface area contributed by atoms with Gasteiger partial charge in [-0.3, -0.25) is 0 Å². The maximum atomic E-state index is 12.9. The van der Waals surface area contributed by atoms with E-state index in [0.717, 1.165) is 11.1 Å². The van der Waals surface area contributed by atoms with Gasteiger partial charge in [-0.15, -0.1) is 0 Å². The number of halogens is 1. The van der Waals surface area contributed by atoms with E-state index in [0.29, 0.717) is 11.7 Å². The van der Waals surface area contributed by atoms with Crippen molar-refractivity contribution in [3.8, 4) is 0 Å². The van der Waals surface area contributed by atoms with Gasteiger partial charge in [0.15, 0.2) is 5.11 Å². The summed E-state index contributed by atoms with van der Waals surface area (Å²) in [6, 6.07) is 4.63. The number of nitrogens with one attached hydrogen (secondary N) is 2. The lowest BCUT2D eigenvalue weighted by Gasteiger charge is -2.09. The van der Waals surface area contributed by atoms with Gasteiger partial charge < -0.3 is 10.7 Å². The molecule has 0 fully saturated rings. The number of rotatable bonds is 2. The minimum absolute atomic E-state index is 0.251. The van der Waals surface area contributed by atoms with Gasteiger partial charge in [-0.2, -0.15) is 0 Å². The highest BCUT2D eigenvalue weighted by molar-refractivity contribution is 7.80. The molecule has 0 amide bonds. The molecule has 0 heterocycles. The number of benzene rings is 1. The predicted octanol–water partition coefficient (Wildman–Crippen LogP) is 0.972. The molecule has 0 aliphatic carbocycles. The Morgan fingerprint density at radius 2 is 2.29 bits per heavy atom. The third-order valence-corrected chi connectivity index (χ3v) is 2.14. The van der Waals surface area contributed by atoms with E-state index in [-0.39, 0.29) is 5.82 Å². The number of thiocarbonyl (C=S) groups is 1. The number of aryl methyl sites for hydroxylation is 1. The van der Waals surface area contributed by atoms with Crippen molar-refractivity contribution in [3.05, 3.63) is 35.1 Å². The zero-order valence-electron chi connectivity index (χ0n) is 7.80. The van der Waals surface area contributed by atoms with E-state index in [1.807, 2.05) is 6.92 Å². The van der Waals surface area contributed by atoms with Gasteiger partial charge in [0.05, 0.1) is 0 Å². The van der Waals surface area contributed by atoms with Crippen molar-refractivity contribution in [1.82, 2.24) is 10.7 Å². The van der Waals surface area contributed by atoms with Gasteiger partial charge >= 0.3 is 0 Å². The van der Waals surface area contributed by atoms with E-state index in [1.165, 1.54) is 12.1 Å². The summed E-state index contributed by atoms with van der Waals surface area (Å²) in [5.41, 5.74) is 4.17. The monoisotopic (exact) mass is 213 g/mol. The Labute approximate surface area is 87.5 Å². The van der Waals surface area contributed by atoms with Gasteiger partial charge in [-0.25, -0.2) is 10.2 Å². The standard InChI is InChI=1S/C9H12FN3S/c1-6-2-3-8(10)4-7(6)5-12-9(14)13-11/h2-4H,5,11H2,1H3,(H2,12,13,14). The minimum atomic E-state index is -0.251. The van der Waals surface area contributed by atoms with Crippen LogP contribution in [0.15, 0.2) is 18.2 Å². The molecule has 0 unspecified atom stereocenters. The quantitative estimate of drug-likeness (QED) is 0.389. The van der Waals surface area contributed by atoms with Crippen LogP contribution in [0.1, 0.15) is 11.1 Å². The molecule has 1 rings (SSSR count). The molecule has 0 saturated carbocycles. The number of hydrazine groups is 1. The first kappa shape index (κ1) is 10.9. The molecular weight excluding hydrogens is 201 g/mol. The molecule has 1 aromatic rings. The van der Waals surface area contributed by atoms with Crippen LogP contribution in [-0.2, 0) is 6.54 Å². The molecule has 76 valence electrons. The predicted molar refractivity (Wildman–Crippen MR) is 57.9 cm³/mol. The van der Waals surface area contributed by atoms with E-state index >= 15 is 0 Å². The van der Waals surface area contributed by atoms with Crippen LogP contribution in [0.5, 0.6) is 0 Å². The Morgan fingerprint density at radius 3 is 2.93 bits per heavy atom. The summed E-state index contributed by atoms with van der Waals surface area (Å²) in [5.74, 6) is 4.83. The lowest BCUT2D eigenvalue weighted by Crippen LogP contribution is -2.39. The fourth-order valence-electron chi connectivity index (χ4n) is 1.06. The van der Waals surface area contributed by atoms with Crippen LogP contribution >= 0.6 is 12.2 Å². The molecule has 0 spiro atoms. The van der Waals surface area contributed by atoms with E-state index < -0.39 is 0 Å². The SMILES string of the molecule is Cc1ccc(F)cc1CNC(=S)NN. The maximum absolute atomic E-state index is 12.9. The Kier molecular flexibility index (Phi) is 3.79. The first-order valence-electron chi connectivity index (χ1n) is 4.13. The average molecular weight is 213 g/mol. The number of nitrogens with two attached hydrogens (primary N) is 1. The highest BCUT2D eigenvalue weighted by Gasteiger charge is 2.00. The zero-order chi connectivity index (χ0) is 10.6. The Hall–Kier alpha value is -1.20. The summed E-state index contributed by atoms with van der Waals surface area (Å²) in [7, 11) is 0. The maximum Gasteiger partial charge on any atom is 0.180 e. The zero-order valence-corrected chi connectivity index (χ0v) is 8.62. The molecular formula is C9H12FN3S. The Bertz CT molecular complexity index is 341. The van der Waals surface area contributed by atoms with Crippen molar-refractivity contribution in [3.63, 3.8) is 0 Å². The van der Waals surface area contributed by atoms with E-state index in [9.17, 15) is 4.39 Å². The van der Waals surface area contributed by atoms with Crippen LogP contribution in [0.4, 0.5) is 4.39 Å². The van der Waals surface area contributed by atoms with Gasteiger partial charge in [0.2, 0.25) is 0 Å². The molecule has 5 heteroatoms. The minimum Gasteiger partial charge on any atom is -0.358 e. The van der Waals surface area contributed by atoms with Crippen molar-refractivity contribution in [2.24, 2.45) is 5.84 Å². The molecule has 4 N–H and O–H groups in total. The second kappa shape index (κ2) is 4.88. The smallest absolute Gasteiger partial charge is 0.180 e. The molecule has 0 bridgehead atoms. The second-order valence-electron chi connectivity index (χ2n) is 2.90. The fraction of sp³-hybridized carbons (Fsp3) is 0.222. The molecule has 0 saturated heterocycles. The molecule has 0 aliphatic heterocycles. The van der Waals surface area contributed by atoms with Gasteiger partial charge in [-0.05, 0) is 42.4 Å². The van der Waals surface area contributed by atoms with Crippen LogP contribution in [0.3, 0.4) is 0 Å². The molecule has 0 atom stereocenters. The molecule has 0 radical (unpaired) electrons. The Balaban J connectivity index is 2.66. The van der Waals surface area contributed by atoms with Crippen LogP contribution in [0.25, 0.3) is 0 Å². The van der Waals surface area contributed by atoms with Crippen LogP contribution in [0.2, 0.25) is 0 Å². The van der Waals surface area contributed by atoms with Gasteiger partial charge in [0.25, 0.3) is 0 Å². The summed E-state index contributed by atoms with van der Waals surface area (Å²) < 4.78 is 12.9. The normalized spacial score (nSPS) is 9.64. The molecule has 0 aromatic heterocycles. The molecule has 14 heavy (non-hydrogen) atoms. The van der Waals surface area contributed by atoms with Crippen molar-refractivity contribution in [1.29, 1.82) is 0 Å². The topological polar surface area (TPSA) is 50.1 Å². The first-order chi connectivity index (χ1) is 6.63. The average Bonchev–Trinajstić information content (AvgIpc) is 2.19. The van der Waals surface area contributed by atoms with Crippen LogP contribution < -0.4 is 16.6 Å².